The lowest BCUT2D eigenvalue weighted by Gasteiger charge is -2.41. The molecule has 1 rings (SSSR count). The molecule has 0 saturated heterocycles. The summed E-state index contributed by atoms with van der Waals surface area (Å²) in [5.41, 5.74) is -0.123. The minimum atomic E-state index is -0.123. The third-order valence-electron chi connectivity index (χ3n) is 4.07. The van der Waals surface area contributed by atoms with Crippen LogP contribution in [0.3, 0.4) is 0 Å². The maximum atomic E-state index is 12.0. The summed E-state index contributed by atoms with van der Waals surface area (Å²) in [4.78, 5) is 12.0. The summed E-state index contributed by atoms with van der Waals surface area (Å²) < 4.78 is 0. The predicted octanol–water partition coefficient (Wildman–Crippen LogP) is 3.68. The largest absolute Gasteiger partial charge is 0.299 e. The van der Waals surface area contributed by atoms with Crippen molar-refractivity contribution in [3.8, 4) is 12.3 Å². The molecule has 0 spiro atoms. The molecule has 0 aliphatic heterocycles. The number of rotatable bonds is 3. The van der Waals surface area contributed by atoms with Crippen LogP contribution in [0.15, 0.2) is 0 Å². The molecule has 0 aromatic rings. The molecule has 16 heavy (non-hydrogen) atoms. The van der Waals surface area contributed by atoms with E-state index in [1.165, 1.54) is 0 Å². The molecule has 1 saturated carbocycles. The van der Waals surface area contributed by atoms with Crippen molar-refractivity contribution < 1.29 is 4.79 Å². The topological polar surface area (TPSA) is 17.1 Å². The average molecular weight is 220 g/mol. The van der Waals surface area contributed by atoms with Crippen molar-refractivity contribution in [3.05, 3.63) is 0 Å². The Morgan fingerprint density at radius 1 is 1.50 bits per heavy atom. The fourth-order valence-electron chi connectivity index (χ4n) is 2.90. The molecule has 90 valence electrons. The van der Waals surface area contributed by atoms with E-state index in [0.29, 0.717) is 23.5 Å². The van der Waals surface area contributed by atoms with Crippen LogP contribution in [-0.4, -0.2) is 5.78 Å². The zero-order valence-electron chi connectivity index (χ0n) is 11.0. The quantitative estimate of drug-likeness (QED) is 0.663. The molecule has 1 aliphatic rings. The average Bonchev–Trinajstić information content (AvgIpc) is 2.19. The first-order chi connectivity index (χ1) is 7.38. The molecular weight excluding hydrogens is 196 g/mol. The van der Waals surface area contributed by atoms with Crippen molar-refractivity contribution in [1.29, 1.82) is 0 Å². The maximum Gasteiger partial charge on any atom is 0.138 e. The lowest BCUT2D eigenvalue weighted by atomic mass is 9.62. The van der Waals surface area contributed by atoms with Crippen molar-refractivity contribution in [1.82, 2.24) is 0 Å². The van der Waals surface area contributed by atoms with Gasteiger partial charge in [0, 0.05) is 18.3 Å². The van der Waals surface area contributed by atoms with Gasteiger partial charge in [0.2, 0.25) is 0 Å². The molecule has 0 amide bonds. The van der Waals surface area contributed by atoms with Gasteiger partial charge in [0.05, 0.1) is 0 Å². The number of ketones is 1. The van der Waals surface area contributed by atoms with Gasteiger partial charge in [0.15, 0.2) is 0 Å². The Balaban J connectivity index is 2.76. The predicted molar refractivity (Wildman–Crippen MR) is 67.9 cm³/mol. The minimum Gasteiger partial charge on any atom is -0.299 e. The van der Waals surface area contributed by atoms with Gasteiger partial charge in [0.25, 0.3) is 0 Å². The molecule has 1 nitrogen and oxygen atoms in total. The second kappa shape index (κ2) is 5.04. The van der Waals surface area contributed by atoms with Crippen molar-refractivity contribution in [2.45, 2.75) is 53.4 Å². The van der Waals surface area contributed by atoms with Gasteiger partial charge >= 0.3 is 0 Å². The molecule has 2 atom stereocenters. The normalized spacial score (nSPS) is 29.1. The number of carbonyl (C=O) groups is 1. The van der Waals surface area contributed by atoms with Crippen LogP contribution >= 0.6 is 0 Å². The highest BCUT2D eigenvalue weighted by atomic mass is 16.1. The molecule has 0 aromatic heterocycles. The number of hydrogen-bond donors (Lipinski definition) is 0. The summed E-state index contributed by atoms with van der Waals surface area (Å²) in [7, 11) is 0. The fourth-order valence-corrected chi connectivity index (χ4v) is 2.90. The molecule has 1 aliphatic carbocycles. The van der Waals surface area contributed by atoms with E-state index < -0.39 is 0 Å². The standard InChI is InChI=1S/C15H24O/c1-6-7-8-12-9-14(16)15(4,5)10-13(12)11(2)3/h1,11-13H,7-10H2,2-5H3/t12-,13+/m0/s1. The van der Waals surface area contributed by atoms with E-state index in [4.69, 9.17) is 6.42 Å². The van der Waals surface area contributed by atoms with Crippen molar-refractivity contribution in [2.75, 3.05) is 0 Å². The van der Waals surface area contributed by atoms with Gasteiger partial charge in [-0.2, -0.15) is 0 Å². The zero-order chi connectivity index (χ0) is 12.3. The van der Waals surface area contributed by atoms with Crippen LogP contribution in [0.2, 0.25) is 0 Å². The highest BCUT2D eigenvalue weighted by Gasteiger charge is 2.41. The second-order valence-corrected chi connectivity index (χ2v) is 6.13. The third-order valence-corrected chi connectivity index (χ3v) is 4.07. The van der Waals surface area contributed by atoms with Crippen LogP contribution in [-0.2, 0) is 4.79 Å². The number of terminal acetylenes is 1. The van der Waals surface area contributed by atoms with E-state index in [1.54, 1.807) is 0 Å². The fraction of sp³-hybridized carbons (Fsp3) is 0.800. The van der Waals surface area contributed by atoms with E-state index in [0.717, 1.165) is 25.7 Å². The molecule has 0 N–H and O–H groups in total. The smallest absolute Gasteiger partial charge is 0.138 e. The van der Waals surface area contributed by atoms with Crippen molar-refractivity contribution in [2.24, 2.45) is 23.2 Å². The van der Waals surface area contributed by atoms with Crippen LogP contribution in [0, 0.1) is 35.5 Å². The van der Waals surface area contributed by atoms with Crippen LogP contribution in [0.1, 0.15) is 53.4 Å². The van der Waals surface area contributed by atoms with Crippen LogP contribution in [0.4, 0.5) is 0 Å². The van der Waals surface area contributed by atoms with Gasteiger partial charge in [-0.1, -0.05) is 27.7 Å². The molecule has 1 fully saturated rings. The second-order valence-electron chi connectivity index (χ2n) is 6.13. The summed E-state index contributed by atoms with van der Waals surface area (Å²) >= 11 is 0. The molecule has 0 bridgehead atoms. The summed E-state index contributed by atoms with van der Waals surface area (Å²) in [6, 6.07) is 0. The Morgan fingerprint density at radius 3 is 2.62 bits per heavy atom. The highest BCUT2D eigenvalue weighted by molar-refractivity contribution is 5.85. The summed E-state index contributed by atoms with van der Waals surface area (Å²) in [5.74, 6) is 4.93. The number of carbonyl (C=O) groups excluding carboxylic acids is 1. The minimum absolute atomic E-state index is 0.123. The Morgan fingerprint density at radius 2 is 2.12 bits per heavy atom. The Kier molecular flexibility index (Phi) is 4.19. The van der Waals surface area contributed by atoms with E-state index in [1.807, 2.05) is 0 Å². The molecule has 0 radical (unpaired) electrons. The van der Waals surface area contributed by atoms with Crippen LogP contribution < -0.4 is 0 Å². The highest BCUT2D eigenvalue weighted by Crippen LogP contribution is 2.44. The molecule has 0 unspecified atom stereocenters. The first kappa shape index (κ1) is 13.3. The van der Waals surface area contributed by atoms with Gasteiger partial charge in [-0.05, 0) is 30.6 Å². The SMILES string of the molecule is C#CCC[C@H]1CC(=O)C(C)(C)C[C@@H]1C(C)C. The third kappa shape index (κ3) is 2.88. The maximum absolute atomic E-state index is 12.0. The van der Waals surface area contributed by atoms with E-state index >= 15 is 0 Å². The molecule has 0 aromatic carbocycles. The summed E-state index contributed by atoms with van der Waals surface area (Å²) in [6.07, 6.45) is 8.90. The summed E-state index contributed by atoms with van der Waals surface area (Å²) in [6.45, 7) is 8.70. The van der Waals surface area contributed by atoms with Gasteiger partial charge in [0.1, 0.15) is 5.78 Å². The number of Topliss-reactive ketones (excluding diaryl/α,β-unsaturated/α-hetero) is 1. The Hall–Kier alpha value is -0.770. The van der Waals surface area contributed by atoms with Crippen molar-refractivity contribution in [3.63, 3.8) is 0 Å². The van der Waals surface area contributed by atoms with E-state index in [9.17, 15) is 4.79 Å². The van der Waals surface area contributed by atoms with Gasteiger partial charge in [-0.3, -0.25) is 4.79 Å². The van der Waals surface area contributed by atoms with E-state index in [-0.39, 0.29) is 5.41 Å². The lowest BCUT2D eigenvalue weighted by molar-refractivity contribution is -0.134. The van der Waals surface area contributed by atoms with E-state index in [2.05, 4.69) is 33.6 Å². The first-order valence-corrected chi connectivity index (χ1v) is 6.35. The Labute approximate surface area is 100 Å². The monoisotopic (exact) mass is 220 g/mol. The lowest BCUT2D eigenvalue weighted by Crippen LogP contribution is -2.39. The van der Waals surface area contributed by atoms with Gasteiger partial charge < -0.3 is 0 Å². The molecular formula is C15H24O. The first-order valence-electron chi connectivity index (χ1n) is 6.35. The molecule has 0 heterocycles. The summed E-state index contributed by atoms with van der Waals surface area (Å²) in [5, 5.41) is 0. The van der Waals surface area contributed by atoms with Crippen LogP contribution in [0.25, 0.3) is 0 Å². The van der Waals surface area contributed by atoms with Gasteiger partial charge in [-0.25, -0.2) is 0 Å². The van der Waals surface area contributed by atoms with Crippen molar-refractivity contribution >= 4 is 5.78 Å². The molecule has 1 heteroatoms. The number of hydrogen-bond acceptors (Lipinski definition) is 1. The Bertz CT molecular complexity index is 293. The van der Waals surface area contributed by atoms with Gasteiger partial charge in [-0.15, -0.1) is 12.3 Å². The zero-order valence-corrected chi connectivity index (χ0v) is 11.0. The van der Waals surface area contributed by atoms with Crippen LogP contribution in [0.5, 0.6) is 0 Å².